The van der Waals surface area contributed by atoms with E-state index in [-0.39, 0.29) is 11.9 Å². The fourth-order valence-electron chi connectivity index (χ4n) is 2.23. The van der Waals surface area contributed by atoms with Gasteiger partial charge in [0.2, 0.25) is 0 Å². The van der Waals surface area contributed by atoms with Crippen molar-refractivity contribution in [1.29, 1.82) is 0 Å². The number of aliphatic hydroxyl groups excluding tert-OH is 1. The maximum Gasteiger partial charge on any atom is 0.120 e. The molecule has 4 heteroatoms. The van der Waals surface area contributed by atoms with Gasteiger partial charge in [-0.05, 0) is 37.6 Å². The predicted octanol–water partition coefficient (Wildman–Crippen LogP) is 1.36. The Kier molecular flexibility index (Phi) is 3.86. The third kappa shape index (κ3) is 3.11. The summed E-state index contributed by atoms with van der Waals surface area (Å²) in [7, 11) is 1.61. The van der Waals surface area contributed by atoms with Crippen LogP contribution in [0.3, 0.4) is 0 Å². The van der Waals surface area contributed by atoms with Gasteiger partial charge < -0.3 is 14.9 Å². The van der Waals surface area contributed by atoms with Gasteiger partial charge in [0.25, 0.3) is 0 Å². The average molecular weight is 237 g/mol. The van der Waals surface area contributed by atoms with Crippen LogP contribution < -0.4 is 4.74 Å². The summed E-state index contributed by atoms with van der Waals surface area (Å²) >= 11 is 0. The van der Waals surface area contributed by atoms with Gasteiger partial charge in [0, 0.05) is 18.7 Å². The normalized spacial score (nSPS) is 21.4. The van der Waals surface area contributed by atoms with Crippen molar-refractivity contribution >= 4 is 0 Å². The van der Waals surface area contributed by atoms with E-state index in [1.165, 1.54) is 0 Å². The van der Waals surface area contributed by atoms with E-state index in [9.17, 15) is 10.2 Å². The van der Waals surface area contributed by atoms with Crippen molar-refractivity contribution in [3.05, 3.63) is 23.8 Å². The summed E-state index contributed by atoms with van der Waals surface area (Å²) in [6.45, 7) is 2.30. The number of piperidine rings is 1. The molecule has 94 valence electrons. The number of benzene rings is 1. The summed E-state index contributed by atoms with van der Waals surface area (Å²) in [6.07, 6.45) is 1.64. The van der Waals surface area contributed by atoms with E-state index in [1.54, 1.807) is 19.2 Å². The molecule has 1 atom stereocenters. The average Bonchev–Trinajstić information content (AvgIpc) is 2.32. The van der Waals surface area contributed by atoms with Crippen LogP contribution in [-0.2, 0) is 6.54 Å². The van der Waals surface area contributed by atoms with Gasteiger partial charge in [-0.25, -0.2) is 0 Å². The van der Waals surface area contributed by atoms with Crippen molar-refractivity contribution in [3.63, 3.8) is 0 Å². The molecule has 17 heavy (non-hydrogen) atoms. The van der Waals surface area contributed by atoms with Crippen LogP contribution in [0.1, 0.15) is 18.4 Å². The molecule has 1 aliphatic heterocycles. The lowest BCUT2D eigenvalue weighted by atomic mass is 10.1. The van der Waals surface area contributed by atoms with Gasteiger partial charge in [-0.1, -0.05) is 0 Å². The van der Waals surface area contributed by atoms with Crippen molar-refractivity contribution in [2.75, 3.05) is 20.2 Å². The summed E-state index contributed by atoms with van der Waals surface area (Å²) in [6, 6.07) is 5.23. The number of hydrogen-bond donors (Lipinski definition) is 2. The van der Waals surface area contributed by atoms with Gasteiger partial charge in [-0.15, -0.1) is 0 Å². The summed E-state index contributed by atoms with van der Waals surface area (Å²) < 4.78 is 5.14. The van der Waals surface area contributed by atoms with E-state index in [4.69, 9.17) is 4.74 Å². The molecule has 0 aromatic heterocycles. The number of β-amino-alcohol motifs (C(OH)–C–C–N with tert-alkyl or cyclic N) is 1. The molecule has 0 radical (unpaired) electrons. The van der Waals surface area contributed by atoms with E-state index >= 15 is 0 Å². The van der Waals surface area contributed by atoms with Gasteiger partial charge >= 0.3 is 0 Å². The van der Waals surface area contributed by atoms with Crippen LogP contribution in [0.25, 0.3) is 0 Å². The number of phenols is 1. The van der Waals surface area contributed by atoms with Crippen LogP contribution in [0.4, 0.5) is 0 Å². The molecule has 1 fully saturated rings. The van der Waals surface area contributed by atoms with Crippen LogP contribution in [0, 0.1) is 0 Å². The Morgan fingerprint density at radius 1 is 1.47 bits per heavy atom. The highest BCUT2D eigenvalue weighted by atomic mass is 16.5. The molecule has 0 bridgehead atoms. The zero-order valence-corrected chi connectivity index (χ0v) is 10.1. The Bertz CT molecular complexity index is 381. The predicted molar refractivity (Wildman–Crippen MR) is 65.2 cm³/mol. The third-order valence-electron chi connectivity index (χ3n) is 3.16. The highest BCUT2D eigenvalue weighted by Gasteiger charge is 2.18. The van der Waals surface area contributed by atoms with Crippen LogP contribution in [0.2, 0.25) is 0 Å². The van der Waals surface area contributed by atoms with E-state index in [1.807, 2.05) is 6.07 Å². The van der Waals surface area contributed by atoms with Crippen LogP contribution in [0.15, 0.2) is 18.2 Å². The molecule has 0 amide bonds. The molecule has 0 spiro atoms. The Morgan fingerprint density at radius 3 is 3.00 bits per heavy atom. The summed E-state index contributed by atoms with van der Waals surface area (Å²) in [4.78, 5) is 2.16. The lowest BCUT2D eigenvalue weighted by Crippen LogP contribution is -2.37. The lowest BCUT2D eigenvalue weighted by Gasteiger charge is -2.30. The highest BCUT2D eigenvalue weighted by molar-refractivity contribution is 5.39. The number of aromatic hydroxyl groups is 1. The number of methoxy groups -OCH3 is 1. The Labute approximate surface area is 101 Å². The SMILES string of the molecule is COc1ccc(O)c(CN2CCCC(O)C2)c1. The van der Waals surface area contributed by atoms with Gasteiger partial charge in [0.1, 0.15) is 11.5 Å². The smallest absolute Gasteiger partial charge is 0.120 e. The number of ether oxygens (including phenoxy) is 1. The number of likely N-dealkylation sites (tertiary alicyclic amines) is 1. The van der Waals surface area contributed by atoms with Gasteiger partial charge in [-0.2, -0.15) is 0 Å². The molecule has 2 N–H and O–H groups in total. The van der Waals surface area contributed by atoms with Gasteiger partial charge in [-0.3, -0.25) is 4.90 Å². The van der Waals surface area contributed by atoms with E-state index in [0.717, 1.165) is 30.7 Å². The van der Waals surface area contributed by atoms with Crippen LogP contribution in [-0.4, -0.2) is 41.4 Å². The van der Waals surface area contributed by atoms with Gasteiger partial charge in [0.05, 0.1) is 13.2 Å². The fraction of sp³-hybridized carbons (Fsp3) is 0.538. The Morgan fingerprint density at radius 2 is 2.29 bits per heavy atom. The molecule has 1 aliphatic rings. The number of aliphatic hydroxyl groups is 1. The second-order valence-corrected chi connectivity index (χ2v) is 4.53. The molecule has 1 aromatic rings. The van der Waals surface area contributed by atoms with Crippen molar-refractivity contribution in [2.24, 2.45) is 0 Å². The zero-order valence-electron chi connectivity index (χ0n) is 10.1. The molecule has 2 rings (SSSR count). The van der Waals surface area contributed by atoms with E-state index in [2.05, 4.69) is 4.90 Å². The van der Waals surface area contributed by atoms with Crippen LogP contribution >= 0.6 is 0 Å². The fourth-order valence-corrected chi connectivity index (χ4v) is 2.23. The van der Waals surface area contributed by atoms with Crippen LogP contribution in [0.5, 0.6) is 11.5 Å². The monoisotopic (exact) mass is 237 g/mol. The third-order valence-corrected chi connectivity index (χ3v) is 3.16. The molecule has 0 aliphatic carbocycles. The molecule has 1 saturated heterocycles. The standard InChI is InChI=1S/C13H19NO3/c1-17-12-4-5-13(16)10(7-12)8-14-6-2-3-11(15)9-14/h4-5,7,11,15-16H,2-3,6,8-9H2,1H3. The zero-order chi connectivity index (χ0) is 12.3. The molecule has 4 nitrogen and oxygen atoms in total. The number of phenolic OH excluding ortho intramolecular Hbond substituents is 1. The van der Waals surface area contributed by atoms with Crippen molar-refractivity contribution in [3.8, 4) is 11.5 Å². The maximum absolute atomic E-state index is 9.78. The minimum absolute atomic E-state index is 0.239. The minimum atomic E-state index is -0.239. The number of rotatable bonds is 3. The lowest BCUT2D eigenvalue weighted by molar-refractivity contribution is 0.0664. The second-order valence-electron chi connectivity index (χ2n) is 4.53. The van der Waals surface area contributed by atoms with Gasteiger partial charge in [0.15, 0.2) is 0 Å². The first-order valence-corrected chi connectivity index (χ1v) is 5.95. The molecule has 1 unspecified atom stereocenters. The largest absolute Gasteiger partial charge is 0.508 e. The first-order chi connectivity index (χ1) is 8.19. The molecule has 1 heterocycles. The summed E-state index contributed by atoms with van der Waals surface area (Å²) in [5.41, 5.74) is 0.846. The molecular formula is C13H19NO3. The topological polar surface area (TPSA) is 52.9 Å². The Hall–Kier alpha value is -1.26. The summed E-state index contributed by atoms with van der Waals surface area (Å²) in [5, 5.41) is 19.4. The second kappa shape index (κ2) is 5.38. The quantitative estimate of drug-likeness (QED) is 0.833. The Balaban J connectivity index is 2.06. The first kappa shape index (κ1) is 12.2. The summed E-state index contributed by atoms with van der Waals surface area (Å²) in [5.74, 6) is 1.03. The first-order valence-electron chi connectivity index (χ1n) is 5.95. The van der Waals surface area contributed by atoms with Crippen molar-refractivity contribution in [1.82, 2.24) is 4.90 Å². The van der Waals surface area contributed by atoms with Crippen molar-refractivity contribution in [2.45, 2.75) is 25.5 Å². The minimum Gasteiger partial charge on any atom is -0.508 e. The van der Waals surface area contributed by atoms with E-state index < -0.39 is 0 Å². The number of nitrogens with zero attached hydrogens (tertiary/aromatic N) is 1. The van der Waals surface area contributed by atoms with Crippen molar-refractivity contribution < 1.29 is 14.9 Å². The molecule has 1 aromatic carbocycles. The molecular weight excluding hydrogens is 218 g/mol. The van der Waals surface area contributed by atoms with E-state index in [0.29, 0.717) is 13.1 Å². The number of hydrogen-bond acceptors (Lipinski definition) is 4. The maximum atomic E-state index is 9.78. The highest BCUT2D eigenvalue weighted by Crippen LogP contribution is 2.25. The molecule has 0 saturated carbocycles.